The maximum absolute atomic E-state index is 12.5. The minimum atomic E-state index is -0.388. The van der Waals surface area contributed by atoms with E-state index in [9.17, 15) is 14.9 Å². The Morgan fingerprint density at radius 3 is 2.73 bits per heavy atom. The topological polar surface area (TPSA) is 119 Å². The molecule has 1 amide bonds. The predicted molar refractivity (Wildman–Crippen MR) is 105 cm³/mol. The first-order valence-corrected chi connectivity index (χ1v) is 9.68. The molecule has 4 rings (SSSR count). The molecule has 0 unspecified atom stereocenters. The number of piperazine rings is 1. The van der Waals surface area contributed by atoms with Gasteiger partial charge in [0.05, 0.1) is 11.2 Å². The number of furan rings is 1. The van der Waals surface area contributed by atoms with Crippen LogP contribution in [0.2, 0.25) is 0 Å². The minimum absolute atomic E-state index is 0.0442. The number of hydrogen-bond donors (Lipinski definition) is 0. The highest BCUT2D eigenvalue weighted by Gasteiger charge is 2.22. The number of benzene rings is 1. The molecule has 0 N–H and O–H groups in total. The van der Waals surface area contributed by atoms with Gasteiger partial charge in [-0.1, -0.05) is 17.3 Å². The molecule has 30 heavy (non-hydrogen) atoms. The van der Waals surface area contributed by atoms with E-state index in [1.54, 1.807) is 24.3 Å². The van der Waals surface area contributed by atoms with Crippen LogP contribution in [0.15, 0.2) is 51.6 Å². The Hall–Kier alpha value is -3.53. The van der Waals surface area contributed by atoms with E-state index in [0.717, 1.165) is 18.7 Å². The normalized spacial score (nSPS) is 14.7. The Labute approximate surface area is 172 Å². The van der Waals surface area contributed by atoms with Crippen LogP contribution in [0.3, 0.4) is 0 Å². The molecule has 0 bridgehead atoms. The Morgan fingerprint density at radius 1 is 1.17 bits per heavy atom. The monoisotopic (exact) mass is 411 g/mol. The number of non-ortho nitro benzene ring substituents is 1. The third-order valence-corrected chi connectivity index (χ3v) is 5.01. The van der Waals surface area contributed by atoms with Gasteiger partial charge in [0.25, 0.3) is 5.69 Å². The van der Waals surface area contributed by atoms with Gasteiger partial charge in [0.2, 0.25) is 17.6 Å². The summed E-state index contributed by atoms with van der Waals surface area (Å²) in [5.41, 5.74) is 0.991. The van der Waals surface area contributed by atoms with Crippen molar-refractivity contribution in [3.8, 4) is 11.6 Å². The average molecular weight is 411 g/mol. The molecule has 1 aromatic carbocycles. The van der Waals surface area contributed by atoms with Gasteiger partial charge >= 0.3 is 0 Å². The molecule has 0 aliphatic carbocycles. The number of nitro groups is 1. The van der Waals surface area contributed by atoms with Gasteiger partial charge in [-0.3, -0.25) is 19.8 Å². The van der Waals surface area contributed by atoms with Gasteiger partial charge in [-0.05, 0) is 17.7 Å². The van der Waals surface area contributed by atoms with Crippen LogP contribution in [0, 0.1) is 10.1 Å². The quantitative estimate of drug-likeness (QED) is 0.430. The molecule has 0 radical (unpaired) electrons. The third kappa shape index (κ3) is 4.71. The molecular weight excluding hydrogens is 390 g/mol. The lowest BCUT2D eigenvalue weighted by atomic mass is 10.1. The van der Waals surface area contributed by atoms with Crippen LogP contribution in [-0.2, 0) is 17.8 Å². The molecule has 0 spiro atoms. The third-order valence-electron chi connectivity index (χ3n) is 5.01. The Balaban J connectivity index is 1.23. The van der Waals surface area contributed by atoms with E-state index >= 15 is 0 Å². The molecule has 10 nitrogen and oxygen atoms in total. The van der Waals surface area contributed by atoms with Gasteiger partial charge in [-0.2, -0.15) is 4.98 Å². The molecule has 1 aliphatic rings. The largest absolute Gasteiger partial charge is 0.461 e. The van der Waals surface area contributed by atoms with Gasteiger partial charge in [0.1, 0.15) is 0 Å². The number of carbonyl (C=O) groups excluding carboxylic acids is 1. The second-order valence-corrected chi connectivity index (χ2v) is 7.07. The van der Waals surface area contributed by atoms with E-state index in [0.29, 0.717) is 50.0 Å². The first-order chi connectivity index (χ1) is 14.6. The van der Waals surface area contributed by atoms with Gasteiger partial charge < -0.3 is 13.8 Å². The van der Waals surface area contributed by atoms with E-state index in [1.807, 2.05) is 11.0 Å². The number of aromatic nitrogens is 2. The second kappa shape index (κ2) is 8.87. The Kier molecular flexibility index (Phi) is 5.84. The standard InChI is InChI=1S/C20H21N5O5/c26-19(7-6-18-21-20(22-30-18)17-5-2-12-29-17)24-10-8-23(9-11-24)14-15-3-1-4-16(13-15)25(27)28/h1-5,12-13H,6-11,14H2. The number of hydrogen-bond acceptors (Lipinski definition) is 8. The first-order valence-electron chi connectivity index (χ1n) is 9.68. The van der Waals surface area contributed by atoms with Gasteiger partial charge in [-0.25, -0.2) is 0 Å². The maximum atomic E-state index is 12.5. The summed E-state index contributed by atoms with van der Waals surface area (Å²) in [5, 5.41) is 14.8. The van der Waals surface area contributed by atoms with Crippen molar-refractivity contribution in [2.24, 2.45) is 0 Å². The lowest BCUT2D eigenvalue weighted by Gasteiger charge is -2.34. The van der Waals surface area contributed by atoms with Gasteiger partial charge in [0, 0.05) is 57.7 Å². The number of aryl methyl sites for hydroxylation is 1. The maximum Gasteiger partial charge on any atom is 0.269 e. The summed E-state index contributed by atoms with van der Waals surface area (Å²) in [6, 6.07) is 10.1. The van der Waals surface area contributed by atoms with Crippen LogP contribution >= 0.6 is 0 Å². The van der Waals surface area contributed by atoms with Crippen molar-refractivity contribution in [2.75, 3.05) is 26.2 Å². The zero-order chi connectivity index (χ0) is 20.9. The van der Waals surface area contributed by atoms with Crippen LogP contribution < -0.4 is 0 Å². The first kappa shape index (κ1) is 19.8. The van der Waals surface area contributed by atoms with Crippen molar-refractivity contribution in [1.82, 2.24) is 19.9 Å². The molecular formula is C20H21N5O5. The number of carbonyl (C=O) groups is 1. The molecule has 1 saturated heterocycles. The molecule has 0 saturated carbocycles. The van der Waals surface area contributed by atoms with Crippen molar-refractivity contribution < 1.29 is 18.7 Å². The minimum Gasteiger partial charge on any atom is -0.461 e. The van der Waals surface area contributed by atoms with Crippen LogP contribution in [-0.4, -0.2) is 56.9 Å². The van der Waals surface area contributed by atoms with Crippen molar-refractivity contribution in [2.45, 2.75) is 19.4 Å². The van der Waals surface area contributed by atoms with E-state index < -0.39 is 0 Å². The summed E-state index contributed by atoms with van der Waals surface area (Å²) in [6.45, 7) is 3.31. The lowest BCUT2D eigenvalue weighted by Crippen LogP contribution is -2.48. The predicted octanol–water partition coefficient (Wildman–Crippen LogP) is 2.51. The molecule has 3 aromatic rings. The summed E-state index contributed by atoms with van der Waals surface area (Å²) >= 11 is 0. The summed E-state index contributed by atoms with van der Waals surface area (Å²) in [7, 11) is 0. The lowest BCUT2D eigenvalue weighted by molar-refractivity contribution is -0.384. The van der Waals surface area contributed by atoms with Crippen LogP contribution in [0.25, 0.3) is 11.6 Å². The molecule has 1 aliphatic heterocycles. The Bertz CT molecular complexity index is 1010. The van der Waals surface area contributed by atoms with Crippen molar-refractivity contribution >= 4 is 11.6 Å². The van der Waals surface area contributed by atoms with E-state index in [4.69, 9.17) is 8.94 Å². The Morgan fingerprint density at radius 2 is 2.00 bits per heavy atom. The summed E-state index contributed by atoms with van der Waals surface area (Å²) in [5.74, 6) is 1.34. The molecule has 156 valence electrons. The highest BCUT2D eigenvalue weighted by atomic mass is 16.6. The molecule has 1 fully saturated rings. The summed E-state index contributed by atoms with van der Waals surface area (Å²) < 4.78 is 10.4. The van der Waals surface area contributed by atoms with Gasteiger partial charge in [-0.15, -0.1) is 0 Å². The fourth-order valence-electron chi connectivity index (χ4n) is 3.42. The summed E-state index contributed by atoms with van der Waals surface area (Å²) in [4.78, 5) is 31.3. The van der Waals surface area contributed by atoms with Crippen LogP contribution in [0.1, 0.15) is 17.9 Å². The number of nitrogens with zero attached hydrogens (tertiary/aromatic N) is 5. The second-order valence-electron chi connectivity index (χ2n) is 7.07. The number of nitro benzene ring substituents is 1. The smallest absolute Gasteiger partial charge is 0.269 e. The molecule has 2 aromatic heterocycles. The van der Waals surface area contributed by atoms with Crippen molar-refractivity contribution in [1.29, 1.82) is 0 Å². The molecule has 10 heteroatoms. The number of amides is 1. The average Bonchev–Trinajstić information content (AvgIpc) is 3.44. The zero-order valence-electron chi connectivity index (χ0n) is 16.3. The van der Waals surface area contributed by atoms with E-state index in [2.05, 4.69) is 15.0 Å². The van der Waals surface area contributed by atoms with Crippen molar-refractivity contribution in [3.63, 3.8) is 0 Å². The van der Waals surface area contributed by atoms with Crippen LogP contribution in [0.5, 0.6) is 0 Å². The SMILES string of the molecule is O=C(CCc1nc(-c2ccco2)no1)N1CCN(Cc2cccc([N+](=O)[O-])c2)CC1. The van der Waals surface area contributed by atoms with Crippen molar-refractivity contribution in [3.05, 3.63) is 64.2 Å². The van der Waals surface area contributed by atoms with E-state index in [1.165, 1.54) is 12.3 Å². The van der Waals surface area contributed by atoms with Gasteiger partial charge in [0.15, 0.2) is 5.76 Å². The van der Waals surface area contributed by atoms with E-state index in [-0.39, 0.29) is 16.5 Å². The fraction of sp³-hybridized carbons (Fsp3) is 0.350. The highest BCUT2D eigenvalue weighted by molar-refractivity contribution is 5.76. The molecule has 3 heterocycles. The fourth-order valence-corrected chi connectivity index (χ4v) is 3.42. The number of rotatable bonds is 7. The highest BCUT2D eigenvalue weighted by Crippen LogP contribution is 2.18. The molecule has 0 atom stereocenters. The van der Waals surface area contributed by atoms with Crippen LogP contribution in [0.4, 0.5) is 5.69 Å². The summed E-state index contributed by atoms with van der Waals surface area (Å²) in [6.07, 6.45) is 2.21. The zero-order valence-corrected chi connectivity index (χ0v) is 16.3.